The highest BCUT2D eigenvalue weighted by Crippen LogP contribution is 2.38. The number of nitro groups is 1. The Morgan fingerprint density at radius 3 is 2.59 bits per heavy atom. The van der Waals surface area contributed by atoms with Gasteiger partial charge in [-0.3, -0.25) is 14.9 Å². The summed E-state index contributed by atoms with van der Waals surface area (Å²) < 4.78 is 15.2. The monoisotopic (exact) mass is 398 g/mol. The zero-order chi connectivity index (χ0) is 20.8. The molecule has 9 nitrogen and oxygen atoms in total. The van der Waals surface area contributed by atoms with E-state index in [0.717, 1.165) is 11.6 Å². The molecule has 0 aromatic heterocycles. The Morgan fingerprint density at radius 2 is 1.90 bits per heavy atom. The van der Waals surface area contributed by atoms with Gasteiger partial charge in [0.15, 0.2) is 18.1 Å². The van der Waals surface area contributed by atoms with E-state index >= 15 is 0 Å². The summed E-state index contributed by atoms with van der Waals surface area (Å²) in [6, 6.07) is 12.0. The fourth-order valence-corrected chi connectivity index (χ4v) is 2.63. The zero-order valence-electron chi connectivity index (χ0n) is 15.6. The van der Waals surface area contributed by atoms with Crippen molar-refractivity contribution in [3.8, 4) is 11.5 Å². The van der Waals surface area contributed by atoms with E-state index in [-0.39, 0.29) is 29.7 Å². The normalized spacial score (nSPS) is 12.0. The summed E-state index contributed by atoms with van der Waals surface area (Å²) in [5, 5.41) is 11.2. The van der Waals surface area contributed by atoms with Crippen LogP contribution in [0, 0.1) is 10.1 Å². The van der Waals surface area contributed by atoms with Crippen LogP contribution in [0.5, 0.6) is 11.5 Å². The van der Waals surface area contributed by atoms with Crippen molar-refractivity contribution in [3.05, 3.63) is 69.8 Å². The van der Waals surface area contributed by atoms with Crippen LogP contribution in [0.15, 0.2) is 48.5 Å². The quantitative estimate of drug-likeness (QED) is 0.305. The van der Waals surface area contributed by atoms with Crippen LogP contribution < -0.4 is 9.47 Å². The minimum absolute atomic E-state index is 0.0275. The third-order valence-corrected chi connectivity index (χ3v) is 4.14. The Kier molecular flexibility index (Phi) is 6.08. The minimum atomic E-state index is -0.793. The molecule has 0 unspecified atom stereocenters. The van der Waals surface area contributed by atoms with Crippen molar-refractivity contribution >= 4 is 23.6 Å². The van der Waals surface area contributed by atoms with Crippen molar-refractivity contribution < 1.29 is 28.7 Å². The van der Waals surface area contributed by atoms with E-state index < -0.39 is 17.5 Å². The van der Waals surface area contributed by atoms with Crippen LogP contribution in [0.1, 0.15) is 11.1 Å². The average Bonchev–Trinajstić information content (AvgIpc) is 3.17. The summed E-state index contributed by atoms with van der Waals surface area (Å²) >= 11 is 0. The van der Waals surface area contributed by atoms with E-state index in [0.29, 0.717) is 12.3 Å². The lowest BCUT2D eigenvalue weighted by molar-refractivity contribution is -0.385. The second kappa shape index (κ2) is 8.87. The first-order valence-electron chi connectivity index (χ1n) is 8.65. The predicted octanol–water partition coefficient (Wildman–Crippen LogP) is 2.54. The molecular weight excluding hydrogens is 380 g/mol. The first-order chi connectivity index (χ1) is 13.9. The Balaban J connectivity index is 1.57. The fraction of sp³-hybridized carbons (Fsp3) is 0.200. The van der Waals surface area contributed by atoms with E-state index in [1.165, 1.54) is 23.1 Å². The molecule has 0 radical (unpaired) electrons. The number of esters is 1. The number of carbonyl (C=O) groups is 2. The van der Waals surface area contributed by atoms with Gasteiger partial charge in [-0.25, -0.2) is 4.79 Å². The van der Waals surface area contributed by atoms with Crippen molar-refractivity contribution in [1.82, 2.24) is 4.90 Å². The summed E-state index contributed by atoms with van der Waals surface area (Å²) in [6.07, 6.45) is 2.26. The number of fused-ring (bicyclic) bond motifs is 1. The van der Waals surface area contributed by atoms with Gasteiger partial charge in [0.1, 0.15) is 0 Å². The Bertz CT molecular complexity index is 957. The van der Waals surface area contributed by atoms with Crippen LogP contribution in [0.2, 0.25) is 0 Å². The summed E-state index contributed by atoms with van der Waals surface area (Å²) in [5.74, 6) is -0.548. The number of hydrogen-bond donors (Lipinski definition) is 0. The fourth-order valence-electron chi connectivity index (χ4n) is 2.63. The number of benzene rings is 2. The molecule has 2 aromatic rings. The van der Waals surface area contributed by atoms with Gasteiger partial charge in [-0.1, -0.05) is 30.3 Å². The van der Waals surface area contributed by atoms with Gasteiger partial charge in [0.25, 0.3) is 11.6 Å². The van der Waals surface area contributed by atoms with Crippen LogP contribution in [-0.2, 0) is 20.9 Å². The average molecular weight is 398 g/mol. The van der Waals surface area contributed by atoms with Gasteiger partial charge in [-0.15, -0.1) is 0 Å². The zero-order valence-corrected chi connectivity index (χ0v) is 15.6. The lowest BCUT2D eigenvalue weighted by Crippen LogP contribution is -2.30. The molecule has 0 atom stereocenters. The van der Waals surface area contributed by atoms with Crippen molar-refractivity contribution in [2.45, 2.75) is 6.54 Å². The molecule has 150 valence electrons. The van der Waals surface area contributed by atoms with Crippen LogP contribution in [0.25, 0.3) is 6.08 Å². The smallest absolute Gasteiger partial charge is 0.331 e. The van der Waals surface area contributed by atoms with Gasteiger partial charge >= 0.3 is 5.97 Å². The maximum atomic E-state index is 12.1. The number of likely N-dealkylation sites (N-methyl/N-ethyl adjacent to an activating group) is 1. The first-order valence-corrected chi connectivity index (χ1v) is 8.65. The number of carbonyl (C=O) groups excluding carboxylic acids is 2. The molecule has 0 saturated heterocycles. The highest BCUT2D eigenvalue weighted by Gasteiger charge is 2.22. The van der Waals surface area contributed by atoms with Gasteiger partial charge in [0.2, 0.25) is 6.79 Å². The molecule has 1 aliphatic heterocycles. The van der Waals surface area contributed by atoms with Crippen LogP contribution in [0.4, 0.5) is 5.69 Å². The largest absolute Gasteiger partial charge is 0.454 e. The van der Waals surface area contributed by atoms with Crippen LogP contribution >= 0.6 is 0 Å². The highest BCUT2D eigenvalue weighted by molar-refractivity contribution is 5.90. The number of ether oxygens (including phenoxy) is 3. The molecule has 2 aromatic carbocycles. The molecule has 1 heterocycles. The number of hydrogen-bond acceptors (Lipinski definition) is 7. The second-order valence-electron chi connectivity index (χ2n) is 6.20. The number of amides is 1. The summed E-state index contributed by atoms with van der Waals surface area (Å²) in [5.41, 5.74) is 0.866. The van der Waals surface area contributed by atoms with Gasteiger partial charge in [0, 0.05) is 19.7 Å². The SMILES string of the molecule is CN(Cc1ccccc1)C(=O)COC(=O)/C=C/c1cc2c(cc1[N+](=O)[O-])OCO2. The first kappa shape index (κ1) is 19.9. The highest BCUT2D eigenvalue weighted by atomic mass is 16.7. The molecule has 0 spiro atoms. The van der Waals surface area contributed by atoms with Gasteiger partial charge in [-0.2, -0.15) is 0 Å². The number of nitro benzene ring substituents is 1. The Morgan fingerprint density at radius 1 is 1.21 bits per heavy atom. The van der Waals surface area contributed by atoms with E-state index in [4.69, 9.17) is 14.2 Å². The molecule has 0 fully saturated rings. The Hall–Kier alpha value is -3.88. The van der Waals surface area contributed by atoms with Crippen molar-refractivity contribution in [2.75, 3.05) is 20.4 Å². The molecule has 0 N–H and O–H groups in total. The molecular formula is C20H18N2O7. The maximum Gasteiger partial charge on any atom is 0.331 e. The molecule has 1 amide bonds. The van der Waals surface area contributed by atoms with Crippen LogP contribution in [-0.4, -0.2) is 42.1 Å². The molecule has 3 rings (SSSR count). The van der Waals surface area contributed by atoms with E-state index in [1.807, 2.05) is 30.3 Å². The summed E-state index contributed by atoms with van der Waals surface area (Å²) in [4.78, 5) is 36.1. The minimum Gasteiger partial charge on any atom is -0.454 e. The van der Waals surface area contributed by atoms with Crippen molar-refractivity contribution in [3.63, 3.8) is 0 Å². The van der Waals surface area contributed by atoms with E-state index in [1.54, 1.807) is 7.05 Å². The molecule has 1 aliphatic rings. The van der Waals surface area contributed by atoms with Gasteiger partial charge in [-0.05, 0) is 17.7 Å². The lowest BCUT2D eigenvalue weighted by Gasteiger charge is -2.16. The molecule has 0 saturated carbocycles. The molecule has 29 heavy (non-hydrogen) atoms. The third-order valence-electron chi connectivity index (χ3n) is 4.14. The number of nitrogens with zero attached hydrogens (tertiary/aromatic N) is 2. The lowest BCUT2D eigenvalue weighted by atomic mass is 10.1. The van der Waals surface area contributed by atoms with E-state index in [2.05, 4.69) is 0 Å². The topological polar surface area (TPSA) is 108 Å². The molecule has 0 aliphatic carbocycles. The summed E-state index contributed by atoms with van der Waals surface area (Å²) in [7, 11) is 1.61. The molecule has 9 heteroatoms. The predicted molar refractivity (Wildman–Crippen MR) is 102 cm³/mol. The van der Waals surface area contributed by atoms with Crippen molar-refractivity contribution in [1.29, 1.82) is 0 Å². The van der Waals surface area contributed by atoms with Gasteiger partial charge < -0.3 is 19.1 Å². The maximum absolute atomic E-state index is 12.1. The second-order valence-corrected chi connectivity index (χ2v) is 6.20. The third kappa shape index (κ3) is 5.10. The molecule has 0 bridgehead atoms. The van der Waals surface area contributed by atoms with Gasteiger partial charge in [0.05, 0.1) is 16.6 Å². The van der Waals surface area contributed by atoms with Crippen molar-refractivity contribution in [2.24, 2.45) is 0 Å². The number of rotatable bonds is 7. The van der Waals surface area contributed by atoms with Crippen LogP contribution in [0.3, 0.4) is 0 Å². The van der Waals surface area contributed by atoms with E-state index in [9.17, 15) is 19.7 Å². The Labute approximate surface area is 166 Å². The summed E-state index contributed by atoms with van der Waals surface area (Å²) in [6.45, 7) is -0.0769. The standard InChI is InChI=1S/C20H18N2O7/c1-21(11-14-5-3-2-4-6-14)19(23)12-27-20(24)8-7-15-9-17-18(29-13-28-17)10-16(15)22(25)26/h2-10H,11-13H2,1H3/b8-7+.